The maximum atomic E-state index is 13.6. The normalized spacial score (nSPS) is 27.6. The number of hydrogen-bond acceptors (Lipinski definition) is 4. The maximum absolute atomic E-state index is 13.6. The summed E-state index contributed by atoms with van der Waals surface area (Å²) in [4.78, 5) is 9.74. The fourth-order valence-electron chi connectivity index (χ4n) is 1.74. The van der Waals surface area contributed by atoms with Crippen LogP contribution in [0.1, 0.15) is 7.79 Å². The molecule has 1 aliphatic heterocycles. The zero-order chi connectivity index (χ0) is 11.5. The summed E-state index contributed by atoms with van der Waals surface area (Å²) in [6, 6.07) is 1.50. The Bertz CT molecular complexity index is 366. The van der Waals surface area contributed by atoms with Crippen molar-refractivity contribution in [3.63, 3.8) is 0 Å². The minimum Gasteiger partial charge on any atom is -0.378 e. The summed E-state index contributed by atoms with van der Waals surface area (Å²) in [5.74, 6) is 0.421. The predicted molar refractivity (Wildman–Crippen MR) is 54.6 cm³/mol. The van der Waals surface area contributed by atoms with E-state index < -0.39 is 6.17 Å². The van der Waals surface area contributed by atoms with Crippen LogP contribution in [0.2, 0.25) is 0 Å². The number of rotatable bonds is 2. The van der Waals surface area contributed by atoms with Crippen LogP contribution in [0.3, 0.4) is 0 Å². The largest absolute Gasteiger partial charge is 0.378 e. The van der Waals surface area contributed by atoms with E-state index in [-0.39, 0.29) is 18.8 Å². The summed E-state index contributed by atoms with van der Waals surface area (Å²) < 4.78 is 26.0. The zero-order valence-electron chi connectivity index (χ0n) is 9.56. The van der Waals surface area contributed by atoms with Gasteiger partial charge in [-0.05, 0) is 12.5 Å². The molecule has 0 saturated carbocycles. The van der Waals surface area contributed by atoms with Crippen LogP contribution in [-0.4, -0.2) is 42.4 Å². The third-order valence-corrected chi connectivity index (χ3v) is 2.57. The van der Waals surface area contributed by atoms with Crippen molar-refractivity contribution >= 4 is 5.95 Å². The van der Waals surface area contributed by atoms with Crippen LogP contribution in [0.5, 0.6) is 0 Å². The highest BCUT2D eigenvalue weighted by Crippen LogP contribution is 2.19. The van der Waals surface area contributed by atoms with Crippen LogP contribution >= 0.6 is 0 Å². The minimum absolute atomic E-state index is 0.147. The molecule has 2 heterocycles. The predicted octanol–water partition coefficient (Wildman–Crippen LogP) is 1.04. The molecule has 15 heavy (non-hydrogen) atoms. The van der Waals surface area contributed by atoms with E-state index in [9.17, 15) is 4.39 Å². The topological polar surface area (TPSA) is 38.2 Å². The average Bonchev–Trinajstić information content (AvgIpc) is 2.29. The summed E-state index contributed by atoms with van der Waals surface area (Å²) >= 11 is 0. The monoisotopic (exact) mass is 212 g/mol. The summed E-state index contributed by atoms with van der Waals surface area (Å²) in [5.41, 5.74) is 0. The molecule has 1 aliphatic rings. The van der Waals surface area contributed by atoms with Gasteiger partial charge >= 0.3 is 0 Å². The van der Waals surface area contributed by atoms with E-state index in [4.69, 9.17) is 6.11 Å². The Labute approximate surface area is 89.5 Å². The van der Waals surface area contributed by atoms with E-state index in [1.807, 2.05) is 0 Å². The van der Waals surface area contributed by atoms with Crippen molar-refractivity contribution in [1.29, 1.82) is 0 Å². The molecular weight excluding hydrogens is 197 g/mol. The molecule has 2 atom stereocenters. The molecule has 4 nitrogen and oxygen atoms in total. The molecule has 1 fully saturated rings. The lowest BCUT2D eigenvalue weighted by atomic mass is 10.1. The van der Waals surface area contributed by atoms with Gasteiger partial charge in [0.1, 0.15) is 6.17 Å². The number of methoxy groups -OCH3 is 1. The highest BCUT2D eigenvalue weighted by atomic mass is 19.1. The van der Waals surface area contributed by atoms with Gasteiger partial charge in [0.05, 0.1) is 14.0 Å². The molecule has 0 aliphatic carbocycles. The molecule has 0 N–H and O–H groups in total. The maximum Gasteiger partial charge on any atom is 0.225 e. The van der Waals surface area contributed by atoms with E-state index >= 15 is 0 Å². The van der Waals surface area contributed by atoms with Gasteiger partial charge in [-0.15, -0.1) is 0 Å². The molecule has 1 aromatic heterocycles. The van der Waals surface area contributed by atoms with Crippen molar-refractivity contribution in [3.05, 3.63) is 18.4 Å². The van der Waals surface area contributed by atoms with Gasteiger partial charge in [0, 0.05) is 26.0 Å². The quantitative estimate of drug-likeness (QED) is 0.734. The molecule has 5 heteroatoms. The lowest BCUT2D eigenvalue weighted by Gasteiger charge is -2.33. The Balaban J connectivity index is 2.07. The molecule has 0 unspecified atom stereocenters. The summed E-state index contributed by atoms with van der Waals surface area (Å²) in [5, 5.41) is 0. The summed E-state index contributed by atoms with van der Waals surface area (Å²) in [6.45, 7) is 0.879. The van der Waals surface area contributed by atoms with Crippen molar-refractivity contribution in [1.82, 2.24) is 9.97 Å². The van der Waals surface area contributed by atoms with Crippen LogP contribution < -0.4 is 4.90 Å². The molecule has 0 bridgehead atoms. The van der Waals surface area contributed by atoms with Gasteiger partial charge < -0.3 is 9.64 Å². The van der Waals surface area contributed by atoms with Gasteiger partial charge in [-0.1, -0.05) is 0 Å². The highest BCUT2D eigenvalue weighted by molar-refractivity contribution is 5.29. The molecular formula is C10H14FN3O. The third-order valence-electron chi connectivity index (χ3n) is 2.57. The second-order valence-electron chi connectivity index (χ2n) is 3.51. The summed E-state index contributed by atoms with van der Waals surface area (Å²) in [7, 11) is 1.52. The van der Waals surface area contributed by atoms with Gasteiger partial charge in [-0.25, -0.2) is 14.4 Å². The third kappa shape index (κ3) is 2.23. The lowest BCUT2D eigenvalue weighted by molar-refractivity contribution is 0.0194. The first-order chi connectivity index (χ1) is 7.70. The lowest BCUT2D eigenvalue weighted by Crippen LogP contribution is -2.46. The standard InChI is InChI=1S/C10H14FN3O/c1-15-9-3-6-14(7-8(9)11)10-12-4-2-5-13-10/h2,4-5,8-9H,3,6-7H2,1H3/t8-,9+/m0/s1/i4D. The fourth-order valence-corrected chi connectivity index (χ4v) is 1.74. The van der Waals surface area contributed by atoms with Crippen molar-refractivity contribution < 1.29 is 10.5 Å². The number of alkyl halides is 1. The Morgan fingerprint density at radius 1 is 1.67 bits per heavy atom. The van der Waals surface area contributed by atoms with E-state index in [1.165, 1.54) is 19.4 Å². The molecule has 2 rings (SSSR count). The van der Waals surface area contributed by atoms with Crippen molar-refractivity contribution in [2.24, 2.45) is 0 Å². The van der Waals surface area contributed by atoms with Crippen LogP contribution in [0.4, 0.5) is 10.3 Å². The number of piperidine rings is 1. The number of nitrogens with zero attached hydrogens (tertiary/aromatic N) is 3. The number of anilines is 1. The van der Waals surface area contributed by atoms with Gasteiger partial charge in [-0.2, -0.15) is 0 Å². The first-order valence-corrected chi connectivity index (χ1v) is 4.92. The second kappa shape index (κ2) is 4.53. The van der Waals surface area contributed by atoms with E-state index in [1.54, 1.807) is 4.90 Å². The van der Waals surface area contributed by atoms with Crippen molar-refractivity contribution in [2.75, 3.05) is 25.1 Å². The highest BCUT2D eigenvalue weighted by Gasteiger charge is 2.29. The Hall–Kier alpha value is -1.23. The first-order valence-electron chi connectivity index (χ1n) is 5.42. The molecule has 1 saturated heterocycles. The summed E-state index contributed by atoms with van der Waals surface area (Å²) in [6.07, 6.45) is 0.908. The van der Waals surface area contributed by atoms with Crippen LogP contribution in [0, 0.1) is 0 Å². The number of ether oxygens (including phenoxy) is 1. The van der Waals surface area contributed by atoms with E-state index in [2.05, 4.69) is 9.97 Å². The Morgan fingerprint density at radius 2 is 2.53 bits per heavy atom. The second-order valence-corrected chi connectivity index (χ2v) is 3.51. The van der Waals surface area contributed by atoms with E-state index in [0.29, 0.717) is 18.9 Å². The molecule has 0 amide bonds. The van der Waals surface area contributed by atoms with Crippen molar-refractivity contribution in [2.45, 2.75) is 18.7 Å². The van der Waals surface area contributed by atoms with Gasteiger partial charge in [0.2, 0.25) is 5.95 Å². The Morgan fingerprint density at radius 3 is 3.20 bits per heavy atom. The first kappa shape index (κ1) is 9.03. The van der Waals surface area contributed by atoms with Crippen LogP contribution in [0.15, 0.2) is 18.4 Å². The zero-order valence-corrected chi connectivity index (χ0v) is 8.56. The molecule has 0 spiro atoms. The minimum atomic E-state index is -1.03. The number of hydrogen-bond donors (Lipinski definition) is 0. The van der Waals surface area contributed by atoms with E-state index in [0.717, 1.165) is 0 Å². The van der Waals surface area contributed by atoms with Crippen LogP contribution in [-0.2, 0) is 4.74 Å². The SMILES string of the molecule is [2H]c1ccnc(N2CC[C@@H](OC)[C@@H](F)C2)n1. The average molecular weight is 212 g/mol. The van der Waals surface area contributed by atoms with Gasteiger partial charge in [-0.3, -0.25) is 0 Å². The molecule has 1 aromatic rings. The van der Waals surface area contributed by atoms with Crippen LogP contribution in [0.25, 0.3) is 0 Å². The molecule has 0 radical (unpaired) electrons. The number of aromatic nitrogens is 2. The van der Waals surface area contributed by atoms with Crippen molar-refractivity contribution in [3.8, 4) is 0 Å². The van der Waals surface area contributed by atoms with Gasteiger partial charge in [0.15, 0.2) is 0 Å². The molecule has 0 aromatic carbocycles. The number of halogens is 1. The Kier molecular flexibility index (Phi) is 2.72. The fraction of sp³-hybridized carbons (Fsp3) is 0.600. The van der Waals surface area contributed by atoms with Gasteiger partial charge in [0.25, 0.3) is 0 Å². The molecule has 82 valence electrons. The smallest absolute Gasteiger partial charge is 0.225 e.